The molecule has 102 valence electrons. The summed E-state index contributed by atoms with van der Waals surface area (Å²) in [5.74, 6) is 1.04. The normalized spacial score (nSPS) is 17.9. The lowest BCUT2D eigenvalue weighted by atomic mass is 9.82. The Balaban J connectivity index is 2.00. The summed E-state index contributed by atoms with van der Waals surface area (Å²) in [5, 5.41) is 0.693. The van der Waals surface area contributed by atoms with Gasteiger partial charge in [-0.25, -0.2) is 9.97 Å². The number of carbonyl (C=O) groups is 1. The van der Waals surface area contributed by atoms with Gasteiger partial charge in [0.15, 0.2) is 5.78 Å². The van der Waals surface area contributed by atoms with Crippen LogP contribution in [0.4, 0.5) is 5.82 Å². The van der Waals surface area contributed by atoms with E-state index in [1.54, 1.807) is 6.92 Å². The summed E-state index contributed by atoms with van der Waals surface area (Å²) < 4.78 is 0. The lowest BCUT2D eigenvalue weighted by molar-refractivity contribution is 0.0963. The van der Waals surface area contributed by atoms with E-state index in [0.717, 1.165) is 11.3 Å². The molecular formula is C15H14ClN3O. The molecule has 3 rings (SSSR count). The molecule has 0 spiro atoms. The molecule has 0 unspecified atom stereocenters. The topological polar surface area (TPSA) is 68.9 Å². The van der Waals surface area contributed by atoms with Gasteiger partial charge in [0.2, 0.25) is 0 Å². The van der Waals surface area contributed by atoms with Crippen molar-refractivity contribution >= 4 is 23.2 Å². The number of aromatic nitrogens is 2. The van der Waals surface area contributed by atoms with Crippen molar-refractivity contribution in [2.24, 2.45) is 0 Å². The van der Waals surface area contributed by atoms with Gasteiger partial charge in [0.05, 0.1) is 11.3 Å². The van der Waals surface area contributed by atoms with E-state index in [-0.39, 0.29) is 11.7 Å². The Bertz CT molecular complexity index is 682. The lowest BCUT2D eigenvalue weighted by Gasteiger charge is -2.24. The number of nitrogens with two attached hydrogens (primary N) is 1. The highest BCUT2D eigenvalue weighted by molar-refractivity contribution is 6.30. The zero-order valence-electron chi connectivity index (χ0n) is 11.1. The van der Waals surface area contributed by atoms with Crippen molar-refractivity contribution in [1.82, 2.24) is 9.97 Å². The van der Waals surface area contributed by atoms with E-state index in [1.165, 1.54) is 0 Å². The average molecular weight is 288 g/mol. The van der Waals surface area contributed by atoms with Crippen molar-refractivity contribution in [3.8, 4) is 0 Å². The van der Waals surface area contributed by atoms with Gasteiger partial charge < -0.3 is 5.73 Å². The minimum absolute atomic E-state index is 0.0173. The molecule has 20 heavy (non-hydrogen) atoms. The molecule has 1 aromatic carbocycles. The first-order chi connectivity index (χ1) is 9.54. The van der Waals surface area contributed by atoms with Crippen molar-refractivity contribution in [1.29, 1.82) is 0 Å². The smallest absolute Gasteiger partial charge is 0.169 e. The van der Waals surface area contributed by atoms with E-state index in [0.29, 0.717) is 35.1 Å². The zero-order valence-corrected chi connectivity index (χ0v) is 11.8. The van der Waals surface area contributed by atoms with Crippen molar-refractivity contribution in [3.05, 3.63) is 51.9 Å². The maximum absolute atomic E-state index is 12.3. The van der Waals surface area contributed by atoms with E-state index >= 15 is 0 Å². The molecule has 0 saturated heterocycles. The number of halogens is 1. The Labute approximate surface area is 122 Å². The summed E-state index contributed by atoms with van der Waals surface area (Å²) in [6.45, 7) is 1.78. The predicted molar refractivity (Wildman–Crippen MR) is 78.0 cm³/mol. The molecule has 0 fully saturated rings. The average Bonchev–Trinajstić information content (AvgIpc) is 2.38. The monoisotopic (exact) mass is 287 g/mol. The van der Waals surface area contributed by atoms with E-state index in [9.17, 15) is 4.79 Å². The van der Waals surface area contributed by atoms with Crippen LogP contribution in [0.1, 0.15) is 39.8 Å². The fourth-order valence-electron chi connectivity index (χ4n) is 2.71. The van der Waals surface area contributed by atoms with Crippen LogP contribution >= 0.6 is 11.6 Å². The minimum atomic E-state index is 0.0173. The number of nitrogens with zero attached hydrogens (tertiary/aromatic N) is 2. The van der Waals surface area contributed by atoms with Gasteiger partial charge in [-0.15, -0.1) is 0 Å². The number of ketones is 1. The van der Waals surface area contributed by atoms with Crippen molar-refractivity contribution in [2.75, 3.05) is 5.73 Å². The Kier molecular flexibility index (Phi) is 3.18. The summed E-state index contributed by atoms with van der Waals surface area (Å²) in [7, 11) is 0. The number of carbonyl (C=O) groups excluding carboxylic acids is 1. The molecule has 1 aliphatic carbocycles. The number of benzene rings is 1. The summed E-state index contributed by atoms with van der Waals surface area (Å²) in [6.07, 6.45) is 1.14. The Morgan fingerprint density at radius 1 is 1.20 bits per heavy atom. The molecule has 2 aromatic rings. The maximum atomic E-state index is 12.3. The number of Topliss-reactive ketones (excluding diaryl/α,β-unsaturated/α-hetero) is 1. The molecule has 2 N–H and O–H groups in total. The number of hydrogen-bond acceptors (Lipinski definition) is 4. The highest BCUT2D eigenvalue weighted by atomic mass is 35.5. The molecular weight excluding hydrogens is 274 g/mol. The quantitative estimate of drug-likeness (QED) is 0.875. The third-order valence-electron chi connectivity index (χ3n) is 3.62. The number of hydrogen-bond donors (Lipinski definition) is 1. The molecule has 0 aliphatic heterocycles. The number of rotatable bonds is 1. The predicted octanol–water partition coefficient (Wildman–Crippen LogP) is 2.93. The van der Waals surface area contributed by atoms with Crippen LogP contribution in [0.5, 0.6) is 0 Å². The summed E-state index contributed by atoms with van der Waals surface area (Å²) in [5.41, 5.74) is 8.20. The van der Waals surface area contributed by atoms with Crippen LogP contribution in [-0.2, 0) is 6.42 Å². The van der Waals surface area contributed by atoms with Gasteiger partial charge in [-0.2, -0.15) is 0 Å². The van der Waals surface area contributed by atoms with Crippen LogP contribution in [0.25, 0.3) is 0 Å². The molecule has 1 aliphatic rings. The molecule has 0 amide bonds. The van der Waals surface area contributed by atoms with E-state index < -0.39 is 0 Å². The van der Waals surface area contributed by atoms with Crippen molar-refractivity contribution in [2.45, 2.75) is 25.7 Å². The van der Waals surface area contributed by atoms with Gasteiger partial charge in [0.25, 0.3) is 0 Å². The number of nitrogen functional groups attached to an aromatic ring is 1. The lowest BCUT2D eigenvalue weighted by Crippen LogP contribution is -2.23. The Morgan fingerprint density at radius 2 is 1.90 bits per heavy atom. The van der Waals surface area contributed by atoms with Gasteiger partial charge in [-0.3, -0.25) is 4.79 Å². The van der Waals surface area contributed by atoms with Crippen LogP contribution in [0.3, 0.4) is 0 Å². The van der Waals surface area contributed by atoms with Gasteiger partial charge in [0, 0.05) is 11.4 Å². The molecule has 5 heteroatoms. The zero-order chi connectivity index (χ0) is 14.3. The van der Waals surface area contributed by atoms with Gasteiger partial charge in [0.1, 0.15) is 11.6 Å². The standard InChI is InChI=1S/C15H14ClN3O/c1-8-18-12-6-10(9-2-4-11(16)5-3-9)7-13(20)14(12)15(17)19-8/h2-5,10H,6-7H2,1H3,(H2,17,18,19)/t10-/m0/s1. The molecule has 1 heterocycles. The molecule has 1 atom stereocenters. The van der Waals surface area contributed by atoms with E-state index in [2.05, 4.69) is 9.97 Å². The second kappa shape index (κ2) is 4.87. The first-order valence-electron chi connectivity index (χ1n) is 6.46. The molecule has 0 bridgehead atoms. The highest BCUT2D eigenvalue weighted by Crippen LogP contribution is 2.34. The van der Waals surface area contributed by atoms with Crippen LogP contribution in [0.2, 0.25) is 5.02 Å². The fourth-order valence-corrected chi connectivity index (χ4v) is 2.83. The number of anilines is 1. The summed E-state index contributed by atoms with van der Waals surface area (Å²) >= 11 is 5.90. The van der Waals surface area contributed by atoms with Crippen molar-refractivity contribution < 1.29 is 4.79 Å². The summed E-state index contributed by atoms with van der Waals surface area (Å²) in [6, 6.07) is 7.61. The SMILES string of the molecule is Cc1nc(N)c2c(n1)C[C@H](c1ccc(Cl)cc1)CC2=O. The largest absolute Gasteiger partial charge is 0.383 e. The van der Waals surface area contributed by atoms with Gasteiger partial charge in [-0.1, -0.05) is 23.7 Å². The van der Waals surface area contributed by atoms with Gasteiger partial charge in [-0.05, 0) is 37.0 Å². The first-order valence-corrected chi connectivity index (χ1v) is 6.84. The van der Waals surface area contributed by atoms with Gasteiger partial charge >= 0.3 is 0 Å². The highest BCUT2D eigenvalue weighted by Gasteiger charge is 2.29. The minimum Gasteiger partial charge on any atom is -0.383 e. The van der Waals surface area contributed by atoms with Crippen LogP contribution in [-0.4, -0.2) is 15.8 Å². The van der Waals surface area contributed by atoms with E-state index in [4.69, 9.17) is 17.3 Å². The number of aryl methyl sites for hydroxylation is 1. The maximum Gasteiger partial charge on any atom is 0.169 e. The second-order valence-corrected chi connectivity index (χ2v) is 5.49. The van der Waals surface area contributed by atoms with Crippen LogP contribution < -0.4 is 5.73 Å². The molecule has 0 saturated carbocycles. The van der Waals surface area contributed by atoms with E-state index in [1.807, 2.05) is 24.3 Å². The molecule has 1 aromatic heterocycles. The Morgan fingerprint density at radius 3 is 2.60 bits per heavy atom. The Hall–Kier alpha value is -1.94. The number of fused-ring (bicyclic) bond motifs is 1. The third kappa shape index (κ3) is 2.27. The first kappa shape index (κ1) is 13.1. The third-order valence-corrected chi connectivity index (χ3v) is 3.87. The van der Waals surface area contributed by atoms with Crippen LogP contribution in [0, 0.1) is 6.92 Å². The van der Waals surface area contributed by atoms with Crippen LogP contribution in [0.15, 0.2) is 24.3 Å². The second-order valence-electron chi connectivity index (χ2n) is 5.06. The fraction of sp³-hybridized carbons (Fsp3) is 0.267. The summed E-state index contributed by atoms with van der Waals surface area (Å²) in [4.78, 5) is 20.7. The molecule has 4 nitrogen and oxygen atoms in total. The van der Waals surface area contributed by atoms with Crippen molar-refractivity contribution in [3.63, 3.8) is 0 Å². The molecule has 0 radical (unpaired) electrons.